The molecule has 7 nitrogen and oxygen atoms in total. The molecule has 0 bridgehead atoms. The van der Waals surface area contributed by atoms with E-state index < -0.39 is 4.92 Å². The number of rotatable bonds is 6. The number of imidazole rings is 1. The molecule has 28 heavy (non-hydrogen) atoms. The first-order valence-corrected chi connectivity index (χ1v) is 9.88. The highest BCUT2D eigenvalue weighted by molar-refractivity contribution is 7.15. The van der Waals surface area contributed by atoms with Gasteiger partial charge in [-0.05, 0) is 35.7 Å². The van der Waals surface area contributed by atoms with Crippen LogP contribution in [0, 0.1) is 10.1 Å². The number of ether oxygens (including phenoxy) is 1. The highest BCUT2D eigenvalue weighted by Crippen LogP contribution is 2.34. The maximum Gasteiger partial charge on any atom is 0.311 e. The van der Waals surface area contributed by atoms with Gasteiger partial charge in [-0.15, -0.1) is 22.7 Å². The first-order chi connectivity index (χ1) is 13.6. The van der Waals surface area contributed by atoms with E-state index in [1.807, 2.05) is 27.4 Å². The zero-order valence-electron chi connectivity index (χ0n) is 14.6. The van der Waals surface area contributed by atoms with Gasteiger partial charge < -0.3 is 4.74 Å². The molecule has 0 saturated carbocycles. The van der Waals surface area contributed by atoms with Crippen LogP contribution >= 0.6 is 22.7 Å². The van der Waals surface area contributed by atoms with Crippen molar-refractivity contribution in [2.24, 2.45) is 0 Å². The minimum absolute atomic E-state index is 0.105. The van der Waals surface area contributed by atoms with Crippen LogP contribution < -0.4 is 4.74 Å². The molecule has 140 valence electrons. The highest BCUT2D eigenvalue weighted by Gasteiger charge is 2.20. The van der Waals surface area contributed by atoms with Gasteiger partial charge in [0.15, 0.2) is 16.5 Å². The van der Waals surface area contributed by atoms with Crippen molar-refractivity contribution in [1.29, 1.82) is 0 Å². The fourth-order valence-electron chi connectivity index (χ4n) is 2.81. The molecular formula is C19H13N3O4S2. The van der Waals surface area contributed by atoms with E-state index in [0.717, 1.165) is 4.96 Å². The molecule has 0 N–H and O–H groups in total. The maximum atomic E-state index is 12.3. The van der Waals surface area contributed by atoms with Crippen LogP contribution in [0.5, 0.6) is 5.75 Å². The van der Waals surface area contributed by atoms with Crippen molar-refractivity contribution in [2.45, 2.75) is 0 Å². The van der Waals surface area contributed by atoms with Gasteiger partial charge in [-0.1, -0.05) is 6.07 Å². The van der Waals surface area contributed by atoms with Gasteiger partial charge in [0.25, 0.3) is 0 Å². The zero-order valence-corrected chi connectivity index (χ0v) is 16.2. The quantitative estimate of drug-likeness (QED) is 0.194. The van der Waals surface area contributed by atoms with Crippen LogP contribution in [0.2, 0.25) is 0 Å². The summed E-state index contributed by atoms with van der Waals surface area (Å²) < 4.78 is 6.92. The van der Waals surface area contributed by atoms with E-state index in [1.165, 1.54) is 41.9 Å². The van der Waals surface area contributed by atoms with E-state index in [4.69, 9.17) is 4.74 Å². The average Bonchev–Trinajstić information content (AvgIpc) is 3.43. The molecule has 0 aliphatic carbocycles. The number of ketones is 1. The van der Waals surface area contributed by atoms with Crippen molar-refractivity contribution >= 4 is 45.2 Å². The molecule has 0 radical (unpaired) electrons. The van der Waals surface area contributed by atoms with Gasteiger partial charge in [-0.25, -0.2) is 4.98 Å². The molecule has 0 saturated heterocycles. The Hall–Kier alpha value is -3.30. The van der Waals surface area contributed by atoms with Crippen molar-refractivity contribution < 1.29 is 14.5 Å². The van der Waals surface area contributed by atoms with Crippen molar-refractivity contribution in [1.82, 2.24) is 9.38 Å². The number of hydrogen-bond acceptors (Lipinski definition) is 7. The summed E-state index contributed by atoms with van der Waals surface area (Å²) in [5, 5.41) is 15.1. The van der Waals surface area contributed by atoms with Crippen LogP contribution in [0.3, 0.4) is 0 Å². The minimum atomic E-state index is -0.489. The van der Waals surface area contributed by atoms with Crippen molar-refractivity contribution in [2.75, 3.05) is 7.11 Å². The van der Waals surface area contributed by atoms with Crippen LogP contribution in [-0.4, -0.2) is 27.2 Å². The van der Waals surface area contributed by atoms with E-state index in [1.54, 1.807) is 24.3 Å². The molecule has 0 aliphatic rings. The zero-order chi connectivity index (χ0) is 19.7. The summed E-state index contributed by atoms with van der Waals surface area (Å²) in [6.45, 7) is 0. The number of methoxy groups -OCH3 is 1. The Kier molecular flexibility index (Phi) is 4.76. The number of thiazole rings is 1. The van der Waals surface area contributed by atoms with Gasteiger partial charge in [-0.2, -0.15) is 0 Å². The van der Waals surface area contributed by atoms with Crippen molar-refractivity contribution in [3.63, 3.8) is 0 Å². The topological polar surface area (TPSA) is 86.7 Å². The molecule has 0 aliphatic heterocycles. The smallest absolute Gasteiger partial charge is 0.311 e. The Balaban J connectivity index is 1.81. The SMILES string of the molecule is COc1ccc(-c2nc3sccn3c2C=CC(=O)c2cccs2)cc1[N+](=O)[O-]. The van der Waals surface area contributed by atoms with E-state index in [9.17, 15) is 14.9 Å². The number of nitrogens with zero attached hydrogens (tertiary/aromatic N) is 3. The molecule has 3 aromatic heterocycles. The molecule has 0 amide bonds. The maximum absolute atomic E-state index is 12.3. The van der Waals surface area contributed by atoms with Crippen LogP contribution in [-0.2, 0) is 0 Å². The highest BCUT2D eigenvalue weighted by atomic mass is 32.1. The number of allylic oxidation sites excluding steroid dienone is 1. The number of fused-ring (bicyclic) bond motifs is 1. The normalized spacial score (nSPS) is 11.3. The Morgan fingerprint density at radius 3 is 2.86 bits per heavy atom. The van der Waals surface area contributed by atoms with E-state index >= 15 is 0 Å². The standard InChI is InChI=1S/C19H13N3O4S2/c1-26-16-7-4-12(11-14(16)22(24)25)18-13(21-8-10-28-19(21)20-18)5-6-15(23)17-3-2-9-27-17/h2-11H,1H3. The fraction of sp³-hybridized carbons (Fsp3) is 0.0526. The van der Waals surface area contributed by atoms with Crippen molar-refractivity contribution in [3.05, 3.63) is 74.1 Å². The van der Waals surface area contributed by atoms with Gasteiger partial charge >= 0.3 is 5.69 Å². The average molecular weight is 411 g/mol. The summed E-state index contributed by atoms with van der Waals surface area (Å²) in [7, 11) is 1.39. The molecule has 0 fully saturated rings. The van der Waals surface area contributed by atoms with Gasteiger partial charge in [0.1, 0.15) is 0 Å². The predicted molar refractivity (Wildman–Crippen MR) is 109 cm³/mol. The Morgan fingerprint density at radius 1 is 1.29 bits per heavy atom. The molecule has 1 aromatic carbocycles. The Morgan fingerprint density at radius 2 is 2.14 bits per heavy atom. The summed E-state index contributed by atoms with van der Waals surface area (Å²) in [4.78, 5) is 29.2. The Labute approximate surface area is 167 Å². The molecular weight excluding hydrogens is 398 g/mol. The third-order valence-corrected chi connectivity index (χ3v) is 5.75. The lowest BCUT2D eigenvalue weighted by Crippen LogP contribution is -1.95. The molecule has 0 unspecified atom stereocenters. The Bertz CT molecular complexity index is 1210. The summed E-state index contributed by atoms with van der Waals surface area (Å²) in [5.74, 6) is 0.0755. The number of nitro benzene ring substituents is 1. The van der Waals surface area contributed by atoms with Crippen LogP contribution in [0.1, 0.15) is 15.4 Å². The number of aromatic nitrogens is 2. The lowest BCUT2D eigenvalue weighted by atomic mass is 10.1. The van der Waals surface area contributed by atoms with E-state index in [0.29, 0.717) is 21.8 Å². The third-order valence-electron chi connectivity index (χ3n) is 4.10. The van der Waals surface area contributed by atoms with Crippen molar-refractivity contribution in [3.8, 4) is 17.0 Å². The van der Waals surface area contributed by atoms with Crippen LogP contribution in [0.15, 0.2) is 53.4 Å². The summed E-state index contributed by atoms with van der Waals surface area (Å²) >= 11 is 2.82. The lowest BCUT2D eigenvalue weighted by Gasteiger charge is -2.04. The number of thiophene rings is 1. The largest absolute Gasteiger partial charge is 0.490 e. The number of benzene rings is 1. The number of nitro groups is 1. The van der Waals surface area contributed by atoms with Gasteiger partial charge in [-0.3, -0.25) is 19.3 Å². The molecule has 9 heteroatoms. The van der Waals surface area contributed by atoms with Crippen LogP contribution in [0.4, 0.5) is 5.69 Å². The number of hydrogen-bond donors (Lipinski definition) is 0. The monoisotopic (exact) mass is 411 g/mol. The predicted octanol–water partition coefficient (Wildman–Crippen LogP) is 4.94. The first-order valence-electron chi connectivity index (χ1n) is 8.12. The van der Waals surface area contributed by atoms with Gasteiger partial charge in [0.05, 0.1) is 28.3 Å². The van der Waals surface area contributed by atoms with E-state index in [2.05, 4.69) is 4.98 Å². The lowest BCUT2D eigenvalue weighted by molar-refractivity contribution is -0.385. The molecule has 3 heterocycles. The summed E-state index contributed by atoms with van der Waals surface area (Å²) in [5.41, 5.74) is 1.68. The van der Waals surface area contributed by atoms with Crippen LogP contribution in [0.25, 0.3) is 22.3 Å². The molecule has 4 aromatic rings. The minimum Gasteiger partial charge on any atom is -0.490 e. The summed E-state index contributed by atoms with van der Waals surface area (Å²) in [6, 6.07) is 8.29. The van der Waals surface area contributed by atoms with E-state index in [-0.39, 0.29) is 17.2 Å². The third kappa shape index (κ3) is 3.21. The summed E-state index contributed by atoms with van der Waals surface area (Å²) in [6.07, 6.45) is 5.04. The molecule has 0 spiro atoms. The molecule has 4 rings (SSSR count). The number of carbonyl (C=O) groups excluding carboxylic acids is 1. The fourth-order valence-corrected chi connectivity index (χ4v) is 4.18. The second kappa shape index (κ2) is 7.37. The first kappa shape index (κ1) is 18.1. The second-order valence-electron chi connectivity index (χ2n) is 5.72. The molecule has 0 atom stereocenters. The van der Waals surface area contributed by atoms with Gasteiger partial charge in [0, 0.05) is 23.2 Å². The van der Waals surface area contributed by atoms with Gasteiger partial charge in [0.2, 0.25) is 0 Å². The number of carbonyl (C=O) groups is 1. The second-order valence-corrected chi connectivity index (χ2v) is 7.54.